The smallest absolute Gasteiger partial charge is 0.220 e. The third kappa shape index (κ3) is 3.97. The van der Waals surface area contributed by atoms with E-state index in [-0.39, 0.29) is 17.4 Å². The molecule has 0 bridgehead atoms. The van der Waals surface area contributed by atoms with Gasteiger partial charge in [-0.3, -0.25) is 9.69 Å². The third-order valence-corrected chi connectivity index (χ3v) is 6.25. The van der Waals surface area contributed by atoms with E-state index in [9.17, 15) is 13.6 Å². The van der Waals surface area contributed by atoms with Gasteiger partial charge < -0.3 is 15.2 Å². The highest BCUT2D eigenvalue weighted by molar-refractivity contribution is 5.89. The van der Waals surface area contributed by atoms with Crippen LogP contribution in [0.25, 0.3) is 11.0 Å². The lowest BCUT2D eigenvalue weighted by atomic mass is 9.80. The van der Waals surface area contributed by atoms with E-state index < -0.39 is 11.6 Å². The maximum atomic E-state index is 13.8. The number of hydrogen-bond acceptors (Lipinski definition) is 5. The molecule has 0 spiro atoms. The van der Waals surface area contributed by atoms with E-state index >= 15 is 0 Å². The van der Waals surface area contributed by atoms with Gasteiger partial charge in [0.25, 0.3) is 0 Å². The van der Waals surface area contributed by atoms with Crippen molar-refractivity contribution in [1.29, 1.82) is 0 Å². The molecular weight excluding hydrogens is 366 g/mol. The fourth-order valence-corrected chi connectivity index (χ4v) is 4.47. The number of halogens is 2. The molecule has 2 aliphatic rings. The first-order valence-electron chi connectivity index (χ1n) is 10.0. The Morgan fingerprint density at radius 2 is 1.86 bits per heavy atom. The number of anilines is 1. The van der Waals surface area contributed by atoms with Gasteiger partial charge in [0.15, 0.2) is 11.6 Å². The quantitative estimate of drug-likeness (QED) is 0.847. The molecule has 1 aliphatic carbocycles. The first kappa shape index (κ1) is 19.1. The van der Waals surface area contributed by atoms with Gasteiger partial charge in [0.2, 0.25) is 11.5 Å². The summed E-state index contributed by atoms with van der Waals surface area (Å²) < 4.78 is 32.5. The van der Waals surface area contributed by atoms with Gasteiger partial charge in [0.05, 0.1) is 5.39 Å². The van der Waals surface area contributed by atoms with Crippen LogP contribution in [-0.2, 0) is 4.79 Å². The normalized spacial score (nSPS) is 24.0. The molecule has 1 aliphatic heterocycles. The molecule has 2 aromatic rings. The lowest BCUT2D eigenvalue weighted by Crippen LogP contribution is -2.47. The lowest BCUT2D eigenvalue weighted by molar-refractivity contribution is -0.123. The summed E-state index contributed by atoms with van der Waals surface area (Å²) in [5.41, 5.74) is 5.41. The van der Waals surface area contributed by atoms with E-state index in [4.69, 9.17) is 10.3 Å². The predicted molar refractivity (Wildman–Crippen MR) is 102 cm³/mol. The number of carbonyl (C=O) groups excluding carboxylic acids is 1. The number of primary amides is 1. The topological polar surface area (TPSA) is 75.6 Å². The molecule has 8 heteroatoms. The number of amides is 1. The van der Waals surface area contributed by atoms with Crippen molar-refractivity contribution in [2.45, 2.75) is 32.1 Å². The summed E-state index contributed by atoms with van der Waals surface area (Å²) in [5.74, 6) is -0.268. The highest BCUT2D eigenvalue weighted by Gasteiger charge is 2.26. The van der Waals surface area contributed by atoms with E-state index in [1.807, 2.05) is 4.90 Å². The zero-order valence-corrected chi connectivity index (χ0v) is 15.9. The number of piperazine rings is 1. The average Bonchev–Trinajstić information content (AvgIpc) is 3.11. The van der Waals surface area contributed by atoms with Crippen molar-refractivity contribution in [3.63, 3.8) is 0 Å². The van der Waals surface area contributed by atoms with Crippen LogP contribution in [0.2, 0.25) is 0 Å². The summed E-state index contributed by atoms with van der Waals surface area (Å²) in [7, 11) is 0. The van der Waals surface area contributed by atoms with Crippen LogP contribution < -0.4 is 10.6 Å². The summed E-state index contributed by atoms with van der Waals surface area (Å²) in [4.78, 5) is 15.7. The Morgan fingerprint density at radius 3 is 2.54 bits per heavy atom. The van der Waals surface area contributed by atoms with Crippen LogP contribution in [0.15, 0.2) is 16.7 Å². The molecule has 2 fully saturated rings. The molecule has 2 heterocycles. The van der Waals surface area contributed by atoms with Crippen molar-refractivity contribution in [3.05, 3.63) is 23.8 Å². The number of nitrogens with zero attached hydrogens (tertiary/aromatic N) is 3. The Labute approximate surface area is 162 Å². The highest BCUT2D eigenvalue weighted by atomic mass is 19.1. The van der Waals surface area contributed by atoms with Gasteiger partial charge in [-0.15, -0.1) is 0 Å². The molecule has 152 valence electrons. The summed E-state index contributed by atoms with van der Waals surface area (Å²) in [5, 5.41) is 4.36. The molecular formula is C20H26F2N4O2. The van der Waals surface area contributed by atoms with E-state index in [0.29, 0.717) is 17.1 Å². The maximum Gasteiger partial charge on any atom is 0.220 e. The van der Waals surface area contributed by atoms with Crippen molar-refractivity contribution in [2.75, 3.05) is 37.6 Å². The summed E-state index contributed by atoms with van der Waals surface area (Å²) in [6, 6.07) is 2.09. The molecule has 4 rings (SSSR count). The first-order chi connectivity index (χ1) is 13.5. The fourth-order valence-electron chi connectivity index (χ4n) is 4.47. The van der Waals surface area contributed by atoms with Gasteiger partial charge in [-0.1, -0.05) is 5.16 Å². The van der Waals surface area contributed by atoms with Gasteiger partial charge in [-0.2, -0.15) is 0 Å². The number of nitrogens with two attached hydrogens (primary N) is 1. The van der Waals surface area contributed by atoms with Crippen LogP contribution >= 0.6 is 0 Å². The minimum Gasteiger partial charge on any atom is -0.369 e. The minimum atomic E-state index is -0.724. The number of fused-ring (bicyclic) bond motifs is 1. The molecule has 0 atom stereocenters. The van der Waals surface area contributed by atoms with Gasteiger partial charge in [0, 0.05) is 38.2 Å². The van der Waals surface area contributed by atoms with Crippen molar-refractivity contribution in [3.8, 4) is 0 Å². The van der Waals surface area contributed by atoms with E-state index in [0.717, 1.165) is 70.9 Å². The second-order valence-electron chi connectivity index (χ2n) is 8.01. The van der Waals surface area contributed by atoms with Crippen molar-refractivity contribution in [2.24, 2.45) is 17.6 Å². The first-order valence-corrected chi connectivity index (χ1v) is 10.0. The molecule has 1 aromatic carbocycles. The zero-order valence-electron chi connectivity index (χ0n) is 15.9. The molecule has 28 heavy (non-hydrogen) atoms. The maximum absolute atomic E-state index is 13.8. The van der Waals surface area contributed by atoms with E-state index in [2.05, 4.69) is 10.1 Å². The Bertz CT molecular complexity index is 840. The minimum absolute atomic E-state index is 0.00499. The summed E-state index contributed by atoms with van der Waals surface area (Å²) >= 11 is 0. The molecule has 6 nitrogen and oxygen atoms in total. The van der Waals surface area contributed by atoms with E-state index in [1.54, 1.807) is 0 Å². The van der Waals surface area contributed by atoms with Gasteiger partial charge in [0.1, 0.15) is 5.82 Å². The molecule has 0 unspecified atom stereocenters. The van der Waals surface area contributed by atoms with Crippen LogP contribution in [0.4, 0.5) is 14.6 Å². The number of benzene rings is 1. The van der Waals surface area contributed by atoms with Gasteiger partial charge in [-0.25, -0.2) is 8.78 Å². The van der Waals surface area contributed by atoms with Crippen LogP contribution in [0, 0.1) is 23.5 Å². The number of hydrogen-bond donors (Lipinski definition) is 1. The van der Waals surface area contributed by atoms with Crippen LogP contribution in [-0.4, -0.2) is 48.7 Å². The molecule has 2 N–H and O–H groups in total. The number of carbonyl (C=O) groups is 1. The molecule has 1 saturated heterocycles. The zero-order chi connectivity index (χ0) is 19.7. The molecule has 1 aromatic heterocycles. The van der Waals surface area contributed by atoms with Gasteiger partial charge >= 0.3 is 0 Å². The Hall–Kier alpha value is -2.22. The monoisotopic (exact) mass is 392 g/mol. The largest absolute Gasteiger partial charge is 0.369 e. The molecule has 0 radical (unpaired) electrons. The van der Waals surface area contributed by atoms with Crippen molar-refractivity contribution < 1.29 is 18.1 Å². The standard InChI is InChI=1S/C20H26F2N4O2/c21-15-11-16-18(17(22)12-15)28-24-20(16)26-9-7-25(8-10-26)6-5-13-1-3-14(4-2-13)19(23)27/h11-14H,1-10H2,(H2,23,27). The molecule has 1 saturated carbocycles. The Morgan fingerprint density at radius 1 is 1.14 bits per heavy atom. The highest BCUT2D eigenvalue weighted by Crippen LogP contribution is 2.32. The lowest BCUT2D eigenvalue weighted by Gasteiger charge is -2.36. The van der Waals surface area contributed by atoms with Gasteiger partial charge in [-0.05, 0) is 50.6 Å². The Kier molecular flexibility index (Phi) is 5.48. The number of aromatic nitrogens is 1. The van der Waals surface area contributed by atoms with Crippen molar-refractivity contribution >= 4 is 22.7 Å². The second-order valence-corrected chi connectivity index (χ2v) is 8.01. The van der Waals surface area contributed by atoms with Crippen LogP contribution in [0.1, 0.15) is 32.1 Å². The van der Waals surface area contributed by atoms with Crippen LogP contribution in [0.5, 0.6) is 0 Å². The third-order valence-electron chi connectivity index (χ3n) is 6.25. The fraction of sp³-hybridized carbons (Fsp3) is 0.600. The van der Waals surface area contributed by atoms with E-state index in [1.165, 1.54) is 6.07 Å². The predicted octanol–water partition coefficient (Wildman–Crippen LogP) is 2.91. The Balaban J connectivity index is 1.28. The second kappa shape index (κ2) is 8.03. The average molecular weight is 392 g/mol. The molecule has 1 amide bonds. The number of rotatable bonds is 5. The summed E-state index contributed by atoms with van der Waals surface area (Å²) in [6.07, 6.45) is 5.13. The van der Waals surface area contributed by atoms with Crippen LogP contribution in [0.3, 0.4) is 0 Å². The summed E-state index contributed by atoms with van der Waals surface area (Å²) in [6.45, 7) is 4.27. The van der Waals surface area contributed by atoms with Crippen molar-refractivity contribution in [1.82, 2.24) is 10.1 Å². The SMILES string of the molecule is NC(=O)C1CCC(CCN2CCN(c3noc4c(F)cc(F)cc34)CC2)CC1.